The molecule has 1 unspecified atom stereocenters. The topological polar surface area (TPSA) is 64.1 Å². The third kappa shape index (κ3) is 7.07. The monoisotopic (exact) mass is 287 g/mol. The van der Waals surface area contributed by atoms with Crippen LogP contribution in [0.4, 0.5) is 0 Å². The normalized spacial score (nSPS) is 23.1. The fraction of sp³-hybridized carbons (Fsp3) is 0.929. The van der Waals surface area contributed by atoms with E-state index in [1.165, 1.54) is 0 Å². The summed E-state index contributed by atoms with van der Waals surface area (Å²) < 4.78 is 16.1. The Morgan fingerprint density at radius 1 is 1.30 bits per heavy atom. The number of nitrogens with zero attached hydrogens (tertiary/aromatic N) is 1. The molecule has 0 radical (unpaired) electrons. The van der Waals surface area contributed by atoms with Crippen molar-refractivity contribution in [3.05, 3.63) is 0 Å². The average molecular weight is 287 g/mol. The highest BCUT2D eigenvalue weighted by Crippen LogP contribution is 2.24. The third-order valence-corrected chi connectivity index (χ3v) is 3.19. The Morgan fingerprint density at radius 3 is 2.80 bits per heavy atom. The number of ether oxygens (including phenoxy) is 3. The van der Waals surface area contributed by atoms with E-state index in [4.69, 9.17) is 14.2 Å². The molecule has 1 aliphatic rings. The minimum atomic E-state index is -0.0999. The Labute approximate surface area is 122 Å². The Morgan fingerprint density at radius 2 is 2.15 bits per heavy atom. The van der Waals surface area contributed by atoms with Gasteiger partial charge in [-0.1, -0.05) is 0 Å². The van der Waals surface area contributed by atoms with Crippen molar-refractivity contribution in [2.24, 2.45) is 4.99 Å². The molecular weight excluding hydrogens is 258 g/mol. The molecule has 0 amide bonds. The summed E-state index contributed by atoms with van der Waals surface area (Å²) in [7, 11) is 1.67. The number of hydrogen-bond donors (Lipinski definition) is 2. The van der Waals surface area contributed by atoms with Crippen molar-refractivity contribution < 1.29 is 14.2 Å². The van der Waals surface area contributed by atoms with E-state index in [0.29, 0.717) is 26.4 Å². The van der Waals surface area contributed by atoms with Gasteiger partial charge in [-0.3, -0.25) is 4.99 Å². The molecule has 0 aromatic heterocycles. The minimum Gasteiger partial charge on any atom is -0.382 e. The number of rotatable bonds is 9. The molecule has 0 spiro atoms. The molecule has 1 rings (SSSR count). The first-order valence-corrected chi connectivity index (χ1v) is 7.43. The van der Waals surface area contributed by atoms with Crippen molar-refractivity contribution >= 4 is 5.96 Å². The van der Waals surface area contributed by atoms with Crippen LogP contribution in [0.1, 0.15) is 26.7 Å². The first kappa shape index (κ1) is 17.2. The lowest BCUT2D eigenvalue weighted by Crippen LogP contribution is -2.40. The summed E-state index contributed by atoms with van der Waals surface area (Å²) in [6, 6.07) is 0. The van der Waals surface area contributed by atoms with Crippen molar-refractivity contribution in [3.63, 3.8) is 0 Å². The van der Waals surface area contributed by atoms with E-state index < -0.39 is 0 Å². The molecule has 1 heterocycles. The van der Waals surface area contributed by atoms with Gasteiger partial charge in [0.1, 0.15) is 0 Å². The molecule has 0 aromatic rings. The number of guanidine groups is 1. The van der Waals surface area contributed by atoms with Crippen molar-refractivity contribution in [1.29, 1.82) is 0 Å². The highest BCUT2D eigenvalue weighted by Gasteiger charge is 2.29. The van der Waals surface area contributed by atoms with Crippen molar-refractivity contribution in [3.8, 4) is 0 Å². The first-order valence-electron chi connectivity index (χ1n) is 7.43. The predicted molar refractivity (Wildman–Crippen MR) is 80.3 cm³/mol. The van der Waals surface area contributed by atoms with E-state index in [0.717, 1.165) is 38.5 Å². The van der Waals surface area contributed by atoms with E-state index in [1.807, 2.05) is 0 Å². The van der Waals surface area contributed by atoms with Crippen LogP contribution in [-0.2, 0) is 14.2 Å². The Balaban J connectivity index is 2.24. The molecule has 6 nitrogen and oxygen atoms in total. The summed E-state index contributed by atoms with van der Waals surface area (Å²) in [5.41, 5.74) is -0.0999. The lowest BCUT2D eigenvalue weighted by Gasteiger charge is -2.21. The summed E-state index contributed by atoms with van der Waals surface area (Å²) in [6.45, 7) is 9.18. The standard InChI is InChI=1S/C14H29N3O3/c1-4-15-13(16-7-9-19-11-10-18-3)17-12-14(2)6-5-8-20-14/h4-12H2,1-3H3,(H2,15,16,17). The summed E-state index contributed by atoms with van der Waals surface area (Å²) in [6.07, 6.45) is 2.21. The third-order valence-electron chi connectivity index (χ3n) is 3.19. The quantitative estimate of drug-likeness (QED) is 0.373. The Hall–Kier alpha value is -0.850. The summed E-state index contributed by atoms with van der Waals surface area (Å²) in [5, 5.41) is 6.49. The van der Waals surface area contributed by atoms with Crippen molar-refractivity contribution in [2.75, 3.05) is 53.2 Å². The van der Waals surface area contributed by atoms with E-state index in [-0.39, 0.29) is 5.60 Å². The molecule has 0 aliphatic carbocycles. The highest BCUT2D eigenvalue weighted by atomic mass is 16.5. The maximum atomic E-state index is 5.74. The zero-order valence-electron chi connectivity index (χ0n) is 13.0. The second kappa shape index (κ2) is 9.96. The number of nitrogens with one attached hydrogen (secondary N) is 2. The fourth-order valence-electron chi connectivity index (χ4n) is 2.04. The molecule has 0 saturated carbocycles. The van der Waals surface area contributed by atoms with Crippen LogP contribution >= 0.6 is 0 Å². The van der Waals surface area contributed by atoms with Crippen LogP contribution in [0.25, 0.3) is 0 Å². The lowest BCUT2D eigenvalue weighted by atomic mass is 10.0. The number of aliphatic imine (C=N–C) groups is 1. The molecule has 1 fully saturated rings. The van der Waals surface area contributed by atoms with Gasteiger partial charge < -0.3 is 24.8 Å². The fourth-order valence-corrected chi connectivity index (χ4v) is 2.04. The maximum Gasteiger partial charge on any atom is 0.191 e. The molecule has 1 saturated heterocycles. The Kier molecular flexibility index (Phi) is 8.57. The highest BCUT2D eigenvalue weighted by molar-refractivity contribution is 5.79. The molecule has 20 heavy (non-hydrogen) atoms. The number of hydrogen-bond acceptors (Lipinski definition) is 4. The average Bonchev–Trinajstić information content (AvgIpc) is 2.87. The Bertz CT molecular complexity index is 279. The molecule has 1 aliphatic heterocycles. The molecular formula is C14H29N3O3. The lowest BCUT2D eigenvalue weighted by molar-refractivity contribution is 0.0283. The maximum absolute atomic E-state index is 5.74. The van der Waals surface area contributed by atoms with Crippen LogP contribution in [0.3, 0.4) is 0 Å². The molecule has 118 valence electrons. The van der Waals surface area contributed by atoms with Gasteiger partial charge in [-0.05, 0) is 26.7 Å². The smallest absolute Gasteiger partial charge is 0.191 e. The number of methoxy groups -OCH3 is 1. The second-order valence-corrected chi connectivity index (χ2v) is 5.13. The van der Waals surface area contributed by atoms with Gasteiger partial charge >= 0.3 is 0 Å². The van der Waals surface area contributed by atoms with Crippen LogP contribution in [0, 0.1) is 0 Å². The van der Waals surface area contributed by atoms with Gasteiger partial charge in [0, 0.05) is 26.8 Å². The van der Waals surface area contributed by atoms with Gasteiger partial charge in [-0.15, -0.1) is 0 Å². The summed E-state index contributed by atoms with van der Waals surface area (Å²) >= 11 is 0. The first-order chi connectivity index (χ1) is 9.70. The minimum absolute atomic E-state index is 0.0999. The molecule has 6 heteroatoms. The largest absolute Gasteiger partial charge is 0.382 e. The van der Waals surface area contributed by atoms with E-state index >= 15 is 0 Å². The summed E-state index contributed by atoms with van der Waals surface area (Å²) in [4.78, 5) is 4.59. The van der Waals surface area contributed by atoms with Gasteiger partial charge in [0.2, 0.25) is 0 Å². The van der Waals surface area contributed by atoms with Gasteiger partial charge in [-0.25, -0.2) is 0 Å². The van der Waals surface area contributed by atoms with Gasteiger partial charge in [0.25, 0.3) is 0 Å². The van der Waals surface area contributed by atoms with Crippen LogP contribution in [-0.4, -0.2) is 64.7 Å². The van der Waals surface area contributed by atoms with Crippen molar-refractivity contribution in [2.45, 2.75) is 32.3 Å². The molecule has 0 bridgehead atoms. The molecule has 1 atom stereocenters. The SMILES string of the molecule is CCNC(=NCC1(C)CCCO1)NCCOCCOC. The van der Waals surface area contributed by atoms with E-state index in [1.54, 1.807) is 7.11 Å². The van der Waals surface area contributed by atoms with E-state index in [2.05, 4.69) is 29.5 Å². The predicted octanol–water partition coefficient (Wildman–Crippen LogP) is 0.774. The zero-order chi connectivity index (χ0) is 14.7. The van der Waals surface area contributed by atoms with Gasteiger partial charge in [0.15, 0.2) is 5.96 Å². The van der Waals surface area contributed by atoms with E-state index in [9.17, 15) is 0 Å². The zero-order valence-corrected chi connectivity index (χ0v) is 13.0. The van der Waals surface area contributed by atoms with Crippen LogP contribution in [0.5, 0.6) is 0 Å². The molecule has 2 N–H and O–H groups in total. The van der Waals surface area contributed by atoms with Gasteiger partial charge in [0.05, 0.1) is 32.0 Å². The van der Waals surface area contributed by atoms with Crippen LogP contribution in [0.2, 0.25) is 0 Å². The van der Waals surface area contributed by atoms with Gasteiger partial charge in [-0.2, -0.15) is 0 Å². The second-order valence-electron chi connectivity index (χ2n) is 5.13. The summed E-state index contributed by atoms with van der Waals surface area (Å²) in [5.74, 6) is 0.819. The van der Waals surface area contributed by atoms with Crippen LogP contribution in [0.15, 0.2) is 4.99 Å². The van der Waals surface area contributed by atoms with Crippen molar-refractivity contribution in [1.82, 2.24) is 10.6 Å². The van der Waals surface area contributed by atoms with Crippen LogP contribution < -0.4 is 10.6 Å². The molecule has 0 aromatic carbocycles.